The van der Waals surface area contributed by atoms with E-state index in [4.69, 9.17) is 4.74 Å². The van der Waals surface area contributed by atoms with Crippen molar-refractivity contribution in [2.75, 3.05) is 19.7 Å². The summed E-state index contributed by atoms with van der Waals surface area (Å²) in [5.74, 6) is 0. The Kier molecular flexibility index (Phi) is 3.82. The first-order valence-electron chi connectivity index (χ1n) is 6.31. The minimum Gasteiger partial charge on any atom is -0.369 e. The topological polar surface area (TPSA) is 51.1 Å². The molecule has 1 saturated heterocycles. The average molecular weight is 276 g/mol. The summed E-state index contributed by atoms with van der Waals surface area (Å²) in [5.41, 5.74) is 3.72. The van der Waals surface area contributed by atoms with Crippen LogP contribution in [0.1, 0.15) is 22.4 Å². The number of hydrogen-bond acceptors (Lipinski definition) is 6. The molecule has 0 amide bonds. The number of nitrogens with zero attached hydrogens (tertiary/aromatic N) is 4. The molecule has 0 radical (unpaired) electrons. The van der Waals surface area contributed by atoms with Crippen LogP contribution >= 0.6 is 11.3 Å². The van der Waals surface area contributed by atoms with Crippen molar-refractivity contribution in [3.05, 3.63) is 40.4 Å². The van der Waals surface area contributed by atoms with Gasteiger partial charge in [0.25, 0.3) is 0 Å². The summed E-state index contributed by atoms with van der Waals surface area (Å²) in [6, 6.07) is 0. The molecule has 2 aromatic heterocycles. The fraction of sp³-hybridized carbons (Fsp3) is 0.462. The number of rotatable bonds is 3. The van der Waals surface area contributed by atoms with Crippen molar-refractivity contribution in [1.29, 1.82) is 0 Å². The highest BCUT2D eigenvalue weighted by atomic mass is 32.1. The van der Waals surface area contributed by atoms with Gasteiger partial charge in [-0.3, -0.25) is 19.9 Å². The van der Waals surface area contributed by atoms with Gasteiger partial charge in [0.15, 0.2) is 0 Å². The molecule has 1 aliphatic heterocycles. The zero-order chi connectivity index (χ0) is 13.1. The van der Waals surface area contributed by atoms with Crippen LogP contribution in [0.5, 0.6) is 0 Å². The minimum absolute atomic E-state index is 0.0229. The van der Waals surface area contributed by atoms with Crippen LogP contribution in [0.3, 0.4) is 0 Å². The molecule has 0 aliphatic carbocycles. The third kappa shape index (κ3) is 3.15. The molecule has 0 N–H and O–H groups in total. The Labute approximate surface area is 116 Å². The zero-order valence-electron chi connectivity index (χ0n) is 10.8. The maximum absolute atomic E-state index is 5.80. The van der Waals surface area contributed by atoms with Crippen molar-refractivity contribution in [2.45, 2.75) is 19.6 Å². The van der Waals surface area contributed by atoms with Crippen LogP contribution < -0.4 is 0 Å². The van der Waals surface area contributed by atoms with E-state index in [1.807, 2.05) is 24.8 Å². The number of ether oxygens (including phenoxy) is 1. The molecule has 3 rings (SSSR count). The van der Waals surface area contributed by atoms with Crippen molar-refractivity contribution in [3.63, 3.8) is 0 Å². The number of hydrogen-bond donors (Lipinski definition) is 0. The highest BCUT2D eigenvalue weighted by Crippen LogP contribution is 2.21. The zero-order valence-corrected chi connectivity index (χ0v) is 11.6. The number of aromatic nitrogens is 3. The summed E-state index contributed by atoms with van der Waals surface area (Å²) in [7, 11) is 0. The summed E-state index contributed by atoms with van der Waals surface area (Å²) in [4.78, 5) is 16.5. The van der Waals surface area contributed by atoms with Crippen molar-refractivity contribution < 1.29 is 4.74 Å². The van der Waals surface area contributed by atoms with E-state index in [2.05, 4.69) is 19.9 Å². The third-order valence-electron chi connectivity index (χ3n) is 3.14. The van der Waals surface area contributed by atoms with Gasteiger partial charge in [-0.15, -0.1) is 11.3 Å². The van der Waals surface area contributed by atoms with Crippen LogP contribution in [-0.2, 0) is 11.3 Å². The van der Waals surface area contributed by atoms with Crippen molar-refractivity contribution >= 4 is 11.3 Å². The van der Waals surface area contributed by atoms with Crippen LogP contribution in [0.2, 0.25) is 0 Å². The lowest BCUT2D eigenvalue weighted by molar-refractivity contribution is -0.0348. The standard InChI is InChI=1S/C13H16N4OS/c1-10-4-16-12(6-15-10)13-8-17(2-3-18-13)7-11-5-14-9-19-11/h4-6,9,13H,2-3,7-8H2,1H3/t13-/m0/s1. The van der Waals surface area contributed by atoms with E-state index in [1.54, 1.807) is 17.5 Å². The molecule has 0 unspecified atom stereocenters. The van der Waals surface area contributed by atoms with Gasteiger partial charge in [-0.2, -0.15) is 0 Å². The fourth-order valence-corrected chi connectivity index (χ4v) is 2.77. The third-order valence-corrected chi connectivity index (χ3v) is 3.91. The molecule has 0 saturated carbocycles. The second kappa shape index (κ2) is 5.73. The monoisotopic (exact) mass is 276 g/mol. The summed E-state index contributed by atoms with van der Waals surface area (Å²) >= 11 is 1.69. The van der Waals surface area contributed by atoms with Gasteiger partial charge in [-0.05, 0) is 6.92 Å². The van der Waals surface area contributed by atoms with Gasteiger partial charge < -0.3 is 4.74 Å². The van der Waals surface area contributed by atoms with Gasteiger partial charge in [-0.25, -0.2) is 0 Å². The molecular weight excluding hydrogens is 260 g/mol. The lowest BCUT2D eigenvalue weighted by Gasteiger charge is -2.32. The van der Waals surface area contributed by atoms with Crippen molar-refractivity contribution in [1.82, 2.24) is 19.9 Å². The normalized spacial score (nSPS) is 20.6. The Morgan fingerprint density at radius 1 is 1.37 bits per heavy atom. The fourth-order valence-electron chi connectivity index (χ4n) is 2.13. The van der Waals surface area contributed by atoms with E-state index in [0.29, 0.717) is 0 Å². The minimum atomic E-state index is 0.0229. The van der Waals surface area contributed by atoms with Gasteiger partial charge >= 0.3 is 0 Å². The van der Waals surface area contributed by atoms with E-state index in [1.165, 1.54) is 4.88 Å². The lowest BCUT2D eigenvalue weighted by Crippen LogP contribution is -2.38. The molecule has 1 atom stereocenters. The van der Waals surface area contributed by atoms with Crippen LogP contribution in [0.4, 0.5) is 0 Å². The Morgan fingerprint density at radius 3 is 3.05 bits per heavy atom. The second-order valence-corrected chi connectivity index (χ2v) is 5.62. The smallest absolute Gasteiger partial charge is 0.114 e. The molecule has 1 fully saturated rings. The van der Waals surface area contributed by atoms with E-state index in [-0.39, 0.29) is 6.10 Å². The first kappa shape index (κ1) is 12.7. The van der Waals surface area contributed by atoms with Crippen molar-refractivity contribution in [2.24, 2.45) is 0 Å². The first-order valence-corrected chi connectivity index (χ1v) is 7.19. The van der Waals surface area contributed by atoms with E-state index >= 15 is 0 Å². The number of thiazole rings is 1. The second-order valence-electron chi connectivity index (χ2n) is 4.64. The Hall–Kier alpha value is -1.37. The highest BCUT2D eigenvalue weighted by Gasteiger charge is 2.23. The molecule has 2 aromatic rings. The SMILES string of the molecule is Cc1cnc([C@@H]2CN(Cc3cncs3)CCO2)cn1. The molecular formula is C13H16N4OS. The van der Waals surface area contributed by atoms with Gasteiger partial charge in [0.05, 0.1) is 29.7 Å². The van der Waals surface area contributed by atoms with Crippen LogP contribution in [0.25, 0.3) is 0 Å². The lowest BCUT2D eigenvalue weighted by atomic mass is 10.2. The molecule has 1 aliphatic rings. The Morgan fingerprint density at radius 2 is 2.32 bits per heavy atom. The van der Waals surface area contributed by atoms with E-state index in [9.17, 15) is 0 Å². The average Bonchev–Trinajstić information content (AvgIpc) is 2.93. The van der Waals surface area contributed by atoms with Gasteiger partial charge in [0.2, 0.25) is 0 Å². The van der Waals surface area contributed by atoms with Crippen molar-refractivity contribution in [3.8, 4) is 0 Å². The summed E-state index contributed by atoms with van der Waals surface area (Å²) in [6.45, 7) is 5.42. The Balaban J connectivity index is 1.66. The van der Waals surface area contributed by atoms with Gasteiger partial charge in [0, 0.05) is 36.9 Å². The van der Waals surface area contributed by atoms with Gasteiger partial charge in [-0.1, -0.05) is 0 Å². The maximum atomic E-state index is 5.80. The van der Waals surface area contributed by atoms with Crippen LogP contribution in [-0.4, -0.2) is 39.5 Å². The predicted molar refractivity (Wildman–Crippen MR) is 72.9 cm³/mol. The molecule has 0 bridgehead atoms. The van der Waals surface area contributed by atoms with Crippen LogP contribution in [0.15, 0.2) is 24.1 Å². The summed E-state index contributed by atoms with van der Waals surface area (Å²) in [6.07, 6.45) is 5.56. The van der Waals surface area contributed by atoms with Crippen LogP contribution in [0, 0.1) is 6.92 Å². The first-order chi connectivity index (χ1) is 9.31. The highest BCUT2D eigenvalue weighted by molar-refractivity contribution is 7.09. The number of morpholine rings is 1. The molecule has 6 heteroatoms. The molecule has 0 spiro atoms. The summed E-state index contributed by atoms with van der Waals surface area (Å²) in [5, 5.41) is 0. The quantitative estimate of drug-likeness (QED) is 0.856. The predicted octanol–water partition coefficient (Wildman–Crippen LogP) is 1.82. The van der Waals surface area contributed by atoms with E-state index in [0.717, 1.165) is 37.6 Å². The largest absolute Gasteiger partial charge is 0.369 e. The molecule has 100 valence electrons. The van der Waals surface area contributed by atoms with E-state index < -0.39 is 0 Å². The summed E-state index contributed by atoms with van der Waals surface area (Å²) < 4.78 is 5.80. The molecule has 3 heterocycles. The molecule has 0 aromatic carbocycles. The number of aryl methyl sites for hydroxylation is 1. The Bertz CT molecular complexity index is 514. The molecule has 5 nitrogen and oxygen atoms in total. The molecule has 19 heavy (non-hydrogen) atoms. The van der Waals surface area contributed by atoms with Gasteiger partial charge in [0.1, 0.15) is 6.10 Å². The maximum Gasteiger partial charge on any atom is 0.114 e.